The molecule has 1 aromatic rings. The van der Waals surface area contributed by atoms with Crippen molar-refractivity contribution in [2.75, 3.05) is 6.61 Å². The highest BCUT2D eigenvalue weighted by atomic mass is 16.6. The van der Waals surface area contributed by atoms with E-state index < -0.39 is 22.7 Å². The number of nitro benzene ring substituents is 1. The fraction of sp³-hybridized carbons (Fsp3) is 0.400. The van der Waals surface area contributed by atoms with Crippen LogP contribution in [0.25, 0.3) is 0 Å². The van der Waals surface area contributed by atoms with Gasteiger partial charge in [0.1, 0.15) is 5.56 Å². The summed E-state index contributed by atoms with van der Waals surface area (Å²) in [5, 5.41) is 14.8. The summed E-state index contributed by atoms with van der Waals surface area (Å²) in [5.41, 5.74) is 2.21. The van der Waals surface area contributed by atoms with Crippen molar-refractivity contribution in [3.63, 3.8) is 0 Å². The van der Waals surface area contributed by atoms with Gasteiger partial charge < -0.3 is 4.74 Å². The number of ether oxygens (including phenoxy) is 1. The van der Waals surface area contributed by atoms with Crippen LogP contribution in [0.1, 0.15) is 37.6 Å². The Kier molecular flexibility index (Phi) is 6.85. The van der Waals surface area contributed by atoms with E-state index in [-0.39, 0.29) is 17.9 Å². The molecule has 124 valence electrons. The molecule has 0 aliphatic rings. The second-order valence-electron chi connectivity index (χ2n) is 4.68. The van der Waals surface area contributed by atoms with Gasteiger partial charge in [-0.25, -0.2) is 5.43 Å². The number of benzene rings is 1. The number of esters is 1. The Bertz CT molecular complexity index is 627. The molecule has 0 heterocycles. The number of amides is 1. The topological polar surface area (TPSA) is 111 Å². The van der Waals surface area contributed by atoms with Crippen molar-refractivity contribution in [1.29, 1.82) is 0 Å². The molecule has 8 nitrogen and oxygen atoms in total. The van der Waals surface area contributed by atoms with Gasteiger partial charge in [0, 0.05) is 11.8 Å². The molecule has 0 unspecified atom stereocenters. The third-order valence-electron chi connectivity index (χ3n) is 3.16. The van der Waals surface area contributed by atoms with E-state index >= 15 is 0 Å². The van der Waals surface area contributed by atoms with Gasteiger partial charge in [0.2, 0.25) is 0 Å². The molecule has 1 N–H and O–H groups in total. The Balaban J connectivity index is 2.89. The number of hydrazone groups is 1. The van der Waals surface area contributed by atoms with Crippen LogP contribution in [0.5, 0.6) is 0 Å². The predicted octanol–water partition coefficient (Wildman–Crippen LogP) is 2.29. The summed E-state index contributed by atoms with van der Waals surface area (Å²) in [4.78, 5) is 34.1. The molecule has 0 fully saturated rings. The van der Waals surface area contributed by atoms with Gasteiger partial charge in [-0.3, -0.25) is 19.7 Å². The number of para-hydroxylation sites is 1. The van der Waals surface area contributed by atoms with E-state index in [1.54, 1.807) is 20.8 Å². The summed E-state index contributed by atoms with van der Waals surface area (Å²) in [6.07, 6.45) is 0.468. The number of hydrogen-bond acceptors (Lipinski definition) is 6. The van der Waals surface area contributed by atoms with E-state index in [4.69, 9.17) is 4.74 Å². The summed E-state index contributed by atoms with van der Waals surface area (Å²) in [6, 6.07) is 5.56. The SMILES string of the molecule is CCOC(=O)[C@H](CC)/C(C)=N/NC(=O)c1ccccc1[N+](=O)[O-]. The van der Waals surface area contributed by atoms with Crippen LogP contribution in [0.4, 0.5) is 5.69 Å². The molecule has 0 aliphatic heterocycles. The van der Waals surface area contributed by atoms with Crippen LogP contribution in [0.2, 0.25) is 0 Å². The van der Waals surface area contributed by atoms with Crippen LogP contribution in [0.3, 0.4) is 0 Å². The standard InChI is InChI=1S/C15H19N3O5/c1-4-11(15(20)23-5-2)10(3)16-17-14(19)12-8-6-7-9-13(12)18(21)22/h6-9,11H,4-5H2,1-3H3,(H,17,19)/b16-10+/t11-/m1/s1. The van der Waals surface area contributed by atoms with Crippen molar-refractivity contribution in [2.45, 2.75) is 27.2 Å². The van der Waals surface area contributed by atoms with Gasteiger partial charge in [0.25, 0.3) is 11.6 Å². The van der Waals surface area contributed by atoms with Crippen LogP contribution in [-0.2, 0) is 9.53 Å². The number of hydrogen-bond donors (Lipinski definition) is 1. The normalized spacial score (nSPS) is 12.4. The fourth-order valence-corrected chi connectivity index (χ4v) is 1.98. The Labute approximate surface area is 133 Å². The smallest absolute Gasteiger partial charge is 0.314 e. The maximum absolute atomic E-state index is 12.0. The molecule has 0 bridgehead atoms. The molecule has 0 aromatic heterocycles. The molecule has 0 saturated heterocycles. The maximum atomic E-state index is 12.0. The Morgan fingerprint density at radius 2 is 2.00 bits per heavy atom. The van der Waals surface area contributed by atoms with Gasteiger partial charge in [-0.15, -0.1) is 0 Å². The lowest BCUT2D eigenvalue weighted by Gasteiger charge is -2.13. The van der Waals surface area contributed by atoms with Crippen molar-refractivity contribution in [2.24, 2.45) is 11.0 Å². The average Bonchev–Trinajstić information content (AvgIpc) is 2.53. The number of nitrogens with zero attached hydrogens (tertiary/aromatic N) is 2. The van der Waals surface area contributed by atoms with E-state index in [1.807, 2.05) is 0 Å². The van der Waals surface area contributed by atoms with Crippen molar-refractivity contribution in [3.05, 3.63) is 39.9 Å². The minimum atomic E-state index is -0.713. The number of carbonyl (C=O) groups excluding carboxylic acids is 2. The highest BCUT2D eigenvalue weighted by Crippen LogP contribution is 2.17. The molecule has 1 aromatic carbocycles. The van der Waals surface area contributed by atoms with Crippen molar-refractivity contribution >= 4 is 23.3 Å². The largest absolute Gasteiger partial charge is 0.465 e. The quantitative estimate of drug-likeness (QED) is 0.358. The van der Waals surface area contributed by atoms with Gasteiger partial charge >= 0.3 is 5.97 Å². The van der Waals surface area contributed by atoms with Crippen molar-refractivity contribution in [1.82, 2.24) is 5.43 Å². The zero-order chi connectivity index (χ0) is 17.4. The number of nitro groups is 1. The first-order valence-corrected chi connectivity index (χ1v) is 7.16. The lowest BCUT2D eigenvalue weighted by atomic mass is 10.0. The van der Waals surface area contributed by atoms with Gasteiger partial charge in [0.05, 0.1) is 17.4 Å². The van der Waals surface area contributed by atoms with Gasteiger partial charge in [-0.05, 0) is 26.3 Å². The molecular formula is C15H19N3O5. The summed E-state index contributed by atoms with van der Waals surface area (Å²) in [5.74, 6) is -1.70. The van der Waals surface area contributed by atoms with Crippen LogP contribution in [-0.4, -0.2) is 29.1 Å². The molecule has 0 spiro atoms. The average molecular weight is 321 g/mol. The Morgan fingerprint density at radius 3 is 2.57 bits per heavy atom. The van der Waals surface area contributed by atoms with E-state index in [9.17, 15) is 19.7 Å². The molecular weight excluding hydrogens is 302 g/mol. The van der Waals surface area contributed by atoms with Crippen LogP contribution < -0.4 is 5.43 Å². The van der Waals surface area contributed by atoms with Crippen LogP contribution >= 0.6 is 0 Å². The number of rotatable bonds is 7. The monoisotopic (exact) mass is 321 g/mol. The zero-order valence-corrected chi connectivity index (χ0v) is 13.2. The van der Waals surface area contributed by atoms with Crippen molar-refractivity contribution < 1.29 is 19.2 Å². The second kappa shape index (κ2) is 8.62. The van der Waals surface area contributed by atoms with E-state index in [0.29, 0.717) is 12.1 Å². The first kappa shape index (κ1) is 18.3. The van der Waals surface area contributed by atoms with Gasteiger partial charge in [-0.2, -0.15) is 5.10 Å². The lowest BCUT2D eigenvalue weighted by molar-refractivity contribution is -0.385. The molecule has 0 radical (unpaired) electrons. The summed E-state index contributed by atoms with van der Waals surface area (Å²) in [7, 11) is 0. The third kappa shape index (κ3) is 4.87. The molecule has 1 atom stereocenters. The molecule has 23 heavy (non-hydrogen) atoms. The number of nitrogens with one attached hydrogen (secondary N) is 1. The van der Waals surface area contributed by atoms with Crippen LogP contribution in [0.15, 0.2) is 29.4 Å². The summed E-state index contributed by atoms with van der Waals surface area (Å²) < 4.78 is 4.94. The van der Waals surface area contributed by atoms with E-state index in [0.717, 1.165) is 0 Å². The Morgan fingerprint density at radius 1 is 1.35 bits per heavy atom. The van der Waals surface area contributed by atoms with E-state index in [2.05, 4.69) is 10.5 Å². The molecule has 8 heteroatoms. The first-order valence-electron chi connectivity index (χ1n) is 7.16. The minimum absolute atomic E-state index is 0.0989. The van der Waals surface area contributed by atoms with E-state index in [1.165, 1.54) is 24.3 Å². The molecule has 0 saturated carbocycles. The van der Waals surface area contributed by atoms with Gasteiger partial charge in [0.15, 0.2) is 0 Å². The van der Waals surface area contributed by atoms with Gasteiger partial charge in [-0.1, -0.05) is 19.1 Å². The van der Waals surface area contributed by atoms with Crippen molar-refractivity contribution in [3.8, 4) is 0 Å². The molecule has 1 rings (SSSR count). The number of carbonyl (C=O) groups is 2. The zero-order valence-electron chi connectivity index (χ0n) is 13.2. The third-order valence-corrected chi connectivity index (χ3v) is 3.16. The summed E-state index contributed by atoms with van der Waals surface area (Å²) >= 11 is 0. The Hall–Kier alpha value is -2.77. The highest BCUT2D eigenvalue weighted by molar-refractivity contribution is 6.02. The maximum Gasteiger partial charge on any atom is 0.314 e. The molecule has 1 amide bonds. The lowest BCUT2D eigenvalue weighted by Crippen LogP contribution is -2.27. The minimum Gasteiger partial charge on any atom is -0.465 e. The second-order valence-corrected chi connectivity index (χ2v) is 4.68. The highest BCUT2D eigenvalue weighted by Gasteiger charge is 2.22. The predicted molar refractivity (Wildman–Crippen MR) is 84.1 cm³/mol. The fourth-order valence-electron chi connectivity index (χ4n) is 1.98. The molecule has 0 aliphatic carbocycles. The summed E-state index contributed by atoms with van der Waals surface area (Å²) in [6.45, 7) is 5.34. The first-order chi connectivity index (χ1) is 10.9. The van der Waals surface area contributed by atoms with Crippen LogP contribution in [0, 0.1) is 16.0 Å².